The van der Waals surface area contributed by atoms with Crippen molar-refractivity contribution in [2.75, 3.05) is 38.3 Å². The van der Waals surface area contributed by atoms with Crippen LogP contribution in [0.5, 0.6) is 0 Å². The number of methoxy groups -OCH3 is 1. The molecule has 1 aromatic carbocycles. The maximum absolute atomic E-state index is 12.1. The molecule has 1 N–H and O–H groups in total. The van der Waals surface area contributed by atoms with Crippen LogP contribution in [0.2, 0.25) is 0 Å². The zero-order valence-corrected chi connectivity index (χ0v) is 13.5. The topological polar surface area (TPSA) is 58.6 Å². The number of esters is 1. The summed E-state index contributed by atoms with van der Waals surface area (Å²) in [5.41, 5.74) is 0.796. The van der Waals surface area contributed by atoms with Crippen molar-refractivity contribution in [3.63, 3.8) is 0 Å². The van der Waals surface area contributed by atoms with E-state index in [0.717, 1.165) is 17.0 Å². The Morgan fingerprint density at radius 2 is 2.00 bits per heavy atom. The van der Waals surface area contributed by atoms with Gasteiger partial charge in [-0.25, -0.2) is 0 Å². The van der Waals surface area contributed by atoms with E-state index in [9.17, 15) is 9.59 Å². The highest BCUT2D eigenvalue weighted by Crippen LogP contribution is 2.24. The number of thioether (sulfide) groups is 1. The molecule has 21 heavy (non-hydrogen) atoms. The van der Waals surface area contributed by atoms with Crippen LogP contribution in [0.25, 0.3) is 0 Å². The molecule has 0 aliphatic rings. The lowest BCUT2D eigenvalue weighted by molar-refractivity contribution is -0.142. The molecule has 1 aromatic rings. The molecule has 1 rings (SSSR count). The van der Waals surface area contributed by atoms with Crippen LogP contribution in [0.4, 0.5) is 5.69 Å². The van der Waals surface area contributed by atoms with Crippen molar-refractivity contribution in [2.24, 2.45) is 0 Å². The highest BCUT2D eigenvalue weighted by Gasteiger charge is 2.15. The SMILES string of the molecule is CCCN(CC(=O)Nc1ccccc1SC)CC(=O)OC. The van der Waals surface area contributed by atoms with Gasteiger partial charge in [0.1, 0.15) is 0 Å². The number of hydrogen-bond donors (Lipinski definition) is 1. The number of para-hydroxylation sites is 1. The zero-order chi connectivity index (χ0) is 15.7. The molecule has 0 atom stereocenters. The largest absolute Gasteiger partial charge is 0.468 e. The highest BCUT2D eigenvalue weighted by atomic mass is 32.2. The van der Waals surface area contributed by atoms with Gasteiger partial charge in [0.05, 0.1) is 25.9 Å². The van der Waals surface area contributed by atoms with E-state index in [-0.39, 0.29) is 25.0 Å². The van der Waals surface area contributed by atoms with E-state index in [0.29, 0.717) is 6.54 Å². The first-order valence-electron chi connectivity index (χ1n) is 6.82. The van der Waals surface area contributed by atoms with Gasteiger partial charge in [-0.1, -0.05) is 19.1 Å². The van der Waals surface area contributed by atoms with Crippen LogP contribution in [-0.4, -0.2) is 49.8 Å². The van der Waals surface area contributed by atoms with Gasteiger partial charge in [0.2, 0.25) is 5.91 Å². The molecule has 0 aromatic heterocycles. The van der Waals surface area contributed by atoms with Gasteiger partial charge in [0.25, 0.3) is 0 Å². The fraction of sp³-hybridized carbons (Fsp3) is 0.467. The Bertz CT molecular complexity index is 480. The number of carbonyl (C=O) groups is 2. The minimum atomic E-state index is -0.333. The molecule has 0 spiro atoms. The maximum Gasteiger partial charge on any atom is 0.319 e. The van der Waals surface area contributed by atoms with Gasteiger partial charge in [0, 0.05) is 4.90 Å². The van der Waals surface area contributed by atoms with Crippen molar-refractivity contribution in [1.82, 2.24) is 4.90 Å². The quantitative estimate of drug-likeness (QED) is 0.589. The number of benzene rings is 1. The van der Waals surface area contributed by atoms with Crippen molar-refractivity contribution in [3.05, 3.63) is 24.3 Å². The van der Waals surface area contributed by atoms with E-state index in [1.54, 1.807) is 16.7 Å². The van der Waals surface area contributed by atoms with E-state index >= 15 is 0 Å². The molecule has 0 radical (unpaired) electrons. The molecular weight excluding hydrogens is 288 g/mol. The molecule has 5 nitrogen and oxygen atoms in total. The van der Waals surface area contributed by atoms with E-state index < -0.39 is 0 Å². The van der Waals surface area contributed by atoms with Gasteiger partial charge in [-0.05, 0) is 31.4 Å². The maximum atomic E-state index is 12.1. The van der Waals surface area contributed by atoms with Crippen LogP contribution in [0.15, 0.2) is 29.2 Å². The van der Waals surface area contributed by atoms with Gasteiger partial charge in [-0.3, -0.25) is 14.5 Å². The van der Waals surface area contributed by atoms with Crippen molar-refractivity contribution in [1.29, 1.82) is 0 Å². The van der Waals surface area contributed by atoms with Gasteiger partial charge < -0.3 is 10.1 Å². The monoisotopic (exact) mass is 310 g/mol. The second-order valence-electron chi connectivity index (χ2n) is 4.54. The van der Waals surface area contributed by atoms with Crippen LogP contribution in [0.1, 0.15) is 13.3 Å². The lowest BCUT2D eigenvalue weighted by atomic mass is 10.3. The average Bonchev–Trinajstić information content (AvgIpc) is 2.47. The number of nitrogens with zero attached hydrogens (tertiary/aromatic N) is 1. The Kier molecular flexibility index (Phi) is 7.85. The van der Waals surface area contributed by atoms with Crippen molar-refractivity contribution in [3.8, 4) is 0 Å². The molecule has 0 bridgehead atoms. The lowest BCUT2D eigenvalue weighted by Crippen LogP contribution is -2.37. The number of amides is 1. The minimum Gasteiger partial charge on any atom is -0.468 e. The van der Waals surface area contributed by atoms with Crippen LogP contribution in [-0.2, 0) is 14.3 Å². The Morgan fingerprint density at radius 1 is 1.29 bits per heavy atom. The molecule has 6 heteroatoms. The predicted molar refractivity (Wildman–Crippen MR) is 85.6 cm³/mol. The Balaban J connectivity index is 2.62. The lowest BCUT2D eigenvalue weighted by Gasteiger charge is -2.20. The van der Waals surface area contributed by atoms with Gasteiger partial charge in [-0.15, -0.1) is 11.8 Å². The van der Waals surface area contributed by atoms with Crippen molar-refractivity contribution in [2.45, 2.75) is 18.2 Å². The summed E-state index contributed by atoms with van der Waals surface area (Å²) in [6.45, 7) is 2.98. The fourth-order valence-corrected chi connectivity index (χ4v) is 2.47. The minimum absolute atomic E-state index is 0.127. The number of rotatable bonds is 8. The molecule has 0 saturated carbocycles. The van der Waals surface area contributed by atoms with Crippen molar-refractivity contribution < 1.29 is 14.3 Å². The summed E-state index contributed by atoms with van der Waals surface area (Å²) in [6.07, 6.45) is 2.83. The summed E-state index contributed by atoms with van der Waals surface area (Å²) in [4.78, 5) is 26.3. The number of ether oxygens (including phenoxy) is 1. The van der Waals surface area contributed by atoms with E-state index in [2.05, 4.69) is 10.1 Å². The van der Waals surface area contributed by atoms with E-state index in [1.165, 1.54) is 7.11 Å². The molecular formula is C15H22N2O3S. The Morgan fingerprint density at radius 3 is 2.62 bits per heavy atom. The molecule has 0 saturated heterocycles. The van der Waals surface area contributed by atoms with Crippen molar-refractivity contribution >= 4 is 29.3 Å². The van der Waals surface area contributed by atoms with E-state index in [4.69, 9.17) is 0 Å². The molecule has 1 amide bonds. The third-order valence-corrected chi connectivity index (χ3v) is 3.66. The summed E-state index contributed by atoms with van der Waals surface area (Å²) < 4.78 is 4.65. The number of carbonyl (C=O) groups excluding carboxylic acids is 2. The fourth-order valence-electron chi connectivity index (χ4n) is 1.92. The number of anilines is 1. The molecule has 0 unspecified atom stereocenters. The first-order valence-corrected chi connectivity index (χ1v) is 8.05. The first-order chi connectivity index (χ1) is 10.1. The molecule has 116 valence electrons. The molecule has 0 aliphatic heterocycles. The third-order valence-electron chi connectivity index (χ3n) is 2.87. The van der Waals surface area contributed by atoms with Crippen LogP contribution in [0, 0.1) is 0 Å². The van der Waals surface area contributed by atoms with E-state index in [1.807, 2.05) is 37.4 Å². The van der Waals surface area contributed by atoms with Crippen LogP contribution < -0.4 is 5.32 Å². The summed E-state index contributed by atoms with van der Waals surface area (Å²) in [7, 11) is 1.35. The second kappa shape index (κ2) is 9.41. The first kappa shape index (κ1) is 17.5. The standard InChI is InChI=1S/C15H22N2O3S/c1-4-9-17(11-15(19)20-2)10-14(18)16-12-7-5-6-8-13(12)21-3/h5-8H,4,9-11H2,1-3H3,(H,16,18). The average molecular weight is 310 g/mol. The number of nitrogens with one attached hydrogen (secondary N) is 1. The Labute approximate surface area is 130 Å². The normalized spacial score (nSPS) is 10.5. The molecule has 0 fully saturated rings. The Hall–Kier alpha value is -1.53. The predicted octanol–water partition coefficient (Wildman–Crippen LogP) is 2.23. The van der Waals surface area contributed by atoms with Gasteiger partial charge >= 0.3 is 5.97 Å². The number of hydrogen-bond acceptors (Lipinski definition) is 5. The molecule has 0 aliphatic carbocycles. The third kappa shape index (κ3) is 6.18. The molecule has 0 heterocycles. The van der Waals surface area contributed by atoms with Gasteiger partial charge in [0.15, 0.2) is 0 Å². The summed E-state index contributed by atoms with van der Waals surface area (Å²) in [6, 6.07) is 7.64. The smallest absolute Gasteiger partial charge is 0.319 e. The highest BCUT2D eigenvalue weighted by molar-refractivity contribution is 7.98. The summed E-state index contributed by atoms with van der Waals surface area (Å²) in [5.74, 6) is -0.463. The second-order valence-corrected chi connectivity index (χ2v) is 5.38. The summed E-state index contributed by atoms with van der Waals surface area (Å²) in [5, 5.41) is 2.89. The van der Waals surface area contributed by atoms with Crippen LogP contribution >= 0.6 is 11.8 Å². The van der Waals surface area contributed by atoms with Crippen LogP contribution in [0.3, 0.4) is 0 Å². The zero-order valence-electron chi connectivity index (χ0n) is 12.7. The summed E-state index contributed by atoms with van der Waals surface area (Å²) >= 11 is 1.58. The van der Waals surface area contributed by atoms with Gasteiger partial charge in [-0.2, -0.15) is 0 Å².